The fourth-order valence-electron chi connectivity index (χ4n) is 3.23. The summed E-state index contributed by atoms with van der Waals surface area (Å²) < 4.78 is 0. The van der Waals surface area contributed by atoms with Crippen molar-refractivity contribution in [1.29, 1.82) is 0 Å². The third kappa shape index (κ3) is 18.0. The summed E-state index contributed by atoms with van der Waals surface area (Å²) in [7, 11) is 0. The predicted octanol–water partition coefficient (Wildman–Crippen LogP) is 7.38. The first kappa shape index (κ1) is 22.0. The summed E-state index contributed by atoms with van der Waals surface area (Å²) in [6.07, 6.45) is 25.1. The summed E-state index contributed by atoms with van der Waals surface area (Å²) in [5.41, 5.74) is 6.21. The van der Waals surface area contributed by atoms with Crippen molar-refractivity contribution in [3.8, 4) is 0 Å². The molecule has 0 rings (SSSR count). The molecule has 0 amide bonds. The van der Waals surface area contributed by atoms with E-state index in [9.17, 15) is 0 Å². The molecular weight excluding hydrogens is 266 g/mol. The van der Waals surface area contributed by atoms with Crippen molar-refractivity contribution in [3.05, 3.63) is 0 Å². The first-order valence-electron chi connectivity index (χ1n) is 10.6. The minimum absolute atomic E-state index is 0.472. The van der Waals surface area contributed by atoms with Gasteiger partial charge in [0.2, 0.25) is 0 Å². The molecule has 0 saturated carbocycles. The van der Waals surface area contributed by atoms with E-state index in [2.05, 4.69) is 13.8 Å². The van der Waals surface area contributed by atoms with Crippen LogP contribution >= 0.6 is 0 Å². The molecule has 0 spiro atoms. The fraction of sp³-hybridized carbons (Fsp3) is 1.00. The van der Waals surface area contributed by atoms with Crippen molar-refractivity contribution in [2.75, 3.05) is 0 Å². The summed E-state index contributed by atoms with van der Waals surface area (Å²) in [6, 6.07) is 0.472. The van der Waals surface area contributed by atoms with E-state index in [1.165, 1.54) is 116 Å². The molecule has 1 heteroatoms. The van der Waals surface area contributed by atoms with Crippen LogP contribution < -0.4 is 5.73 Å². The van der Waals surface area contributed by atoms with Crippen LogP contribution in [0.25, 0.3) is 0 Å². The highest BCUT2D eigenvalue weighted by Crippen LogP contribution is 2.14. The van der Waals surface area contributed by atoms with Crippen molar-refractivity contribution in [1.82, 2.24) is 0 Å². The molecule has 22 heavy (non-hydrogen) atoms. The van der Waals surface area contributed by atoms with Crippen LogP contribution in [0, 0.1) is 0 Å². The maximum atomic E-state index is 6.21. The second-order valence-corrected chi connectivity index (χ2v) is 7.29. The van der Waals surface area contributed by atoms with Gasteiger partial charge in [0.1, 0.15) is 0 Å². The van der Waals surface area contributed by atoms with Gasteiger partial charge in [0.25, 0.3) is 0 Å². The maximum absolute atomic E-state index is 6.21. The quantitative estimate of drug-likeness (QED) is 0.263. The molecule has 0 aromatic heterocycles. The Bertz CT molecular complexity index is 190. The average molecular weight is 312 g/mol. The highest BCUT2D eigenvalue weighted by molar-refractivity contribution is 4.62. The SMILES string of the molecule is CCCCCCCCCCCCCC(N)CCCCCCC. The molecule has 0 bridgehead atoms. The van der Waals surface area contributed by atoms with E-state index in [0.29, 0.717) is 6.04 Å². The molecule has 1 atom stereocenters. The van der Waals surface area contributed by atoms with E-state index < -0.39 is 0 Å². The lowest BCUT2D eigenvalue weighted by Crippen LogP contribution is -2.19. The summed E-state index contributed by atoms with van der Waals surface area (Å²) in [6.45, 7) is 4.57. The third-order valence-electron chi connectivity index (χ3n) is 4.86. The Kier molecular flexibility index (Phi) is 19.0. The van der Waals surface area contributed by atoms with Gasteiger partial charge in [-0.2, -0.15) is 0 Å². The monoisotopic (exact) mass is 311 g/mol. The lowest BCUT2D eigenvalue weighted by Gasteiger charge is -2.11. The molecular formula is C21H45N. The Hall–Kier alpha value is -0.0400. The zero-order valence-corrected chi connectivity index (χ0v) is 15.9. The van der Waals surface area contributed by atoms with Crippen molar-refractivity contribution in [3.63, 3.8) is 0 Å². The third-order valence-corrected chi connectivity index (χ3v) is 4.86. The minimum atomic E-state index is 0.472. The van der Waals surface area contributed by atoms with Crippen molar-refractivity contribution in [2.24, 2.45) is 5.73 Å². The Labute approximate surface area is 141 Å². The van der Waals surface area contributed by atoms with Crippen LogP contribution in [0.15, 0.2) is 0 Å². The number of hydrogen-bond acceptors (Lipinski definition) is 1. The highest BCUT2D eigenvalue weighted by atomic mass is 14.6. The smallest absolute Gasteiger partial charge is 0.00388 e. The van der Waals surface area contributed by atoms with E-state index in [1.54, 1.807) is 0 Å². The Morgan fingerprint density at radius 2 is 0.727 bits per heavy atom. The van der Waals surface area contributed by atoms with Crippen LogP contribution in [-0.4, -0.2) is 6.04 Å². The zero-order chi connectivity index (χ0) is 16.3. The summed E-state index contributed by atoms with van der Waals surface area (Å²) in [4.78, 5) is 0. The molecule has 0 aromatic carbocycles. The normalized spacial score (nSPS) is 12.7. The number of nitrogens with two attached hydrogens (primary N) is 1. The lowest BCUT2D eigenvalue weighted by molar-refractivity contribution is 0.482. The van der Waals surface area contributed by atoms with Crippen LogP contribution in [0.2, 0.25) is 0 Å². The van der Waals surface area contributed by atoms with Gasteiger partial charge in [0.15, 0.2) is 0 Å². The Balaban J connectivity index is 3.09. The molecule has 0 heterocycles. The molecule has 0 aromatic rings. The molecule has 0 fully saturated rings. The van der Waals surface area contributed by atoms with E-state index in [-0.39, 0.29) is 0 Å². The van der Waals surface area contributed by atoms with Gasteiger partial charge in [-0.05, 0) is 12.8 Å². The van der Waals surface area contributed by atoms with Gasteiger partial charge >= 0.3 is 0 Å². The van der Waals surface area contributed by atoms with Gasteiger partial charge in [0.05, 0.1) is 0 Å². The van der Waals surface area contributed by atoms with E-state index in [1.807, 2.05) is 0 Å². The number of unbranched alkanes of at least 4 members (excludes halogenated alkanes) is 14. The molecule has 2 N–H and O–H groups in total. The van der Waals surface area contributed by atoms with Crippen LogP contribution in [0.1, 0.15) is 129 Å². The van der Waals surface area contributed by atoms with Crippen LogP contribution in [0.4, 0.5) is 0 Å². The molecule has 1 nitrogen and oxygen atoms in total. The summed E-state index contributed by atoms with van der Waals surface area (Å²) in [5, 5.41) is 0. The topological polar surface area (TPSA) is 26.0 Å². The maximum Gasteiger partial charge on any atom is 0.00388 e. The second-order valence-electron chi connectivity index (χ2n) is 7.29. The van der Waals surface area contributed by atoms with Gasteiger partial charge in [-0.3, -0.25) is 0 Å². The first-order chi connectivity index (χ1) is 10.8. The van der Waals surface area contributed by atoms with E-state index in [0.717, 1.165) is 0 Å². The molecule has 134 valence electrons. The molecule has 0 aliphatic carbocycles. The van der Waals surface area contributed by atoms with Gasteiger partial charge < -0.3 is 5.73 Å². The Morgan fingerprint density at radius 3 is 1.05 bits per heavy atom. The van der Waals surface area contributed by atoms with Crippen LogP contribution in [0.3, 0.4) is 0 Å². The molecule has 0 saturated heterocycles. The van der Waals surface area contributed by atoms with Crippen molar-refractivity contribution >= 4 is 0 Å². The van der Waals surface area contributed by atoms with E-state index in [4.69, 9.17) is 5.73 Å². The predicted molar refractivity (Wildman–Crippen MR) is 102 cm³/mol. The molecule has 1 unspecified atom stereocenters. The van der Waals surface area contributed by atoms with Gasteiger partial charge in [-0.15, -0.1) is 0 Å². The van der Waals surface area contributed by atoms with Crippen LogP contribution in [-0.2, 0) is 0 Å². The van der Waals surface area contributed by atoms with Gasteiger partial charge in [-0.25, -0.2) is 0 Å². The summed E-state index contributed by atoms with van der Waals surface area (Å²) >= 11 is 0. The van der Waals surface area contributed by atoms with Gasteiger partial charge in [0, 0.05) is 6.04 Å². The second kappa shape index (κ2) is 19.0. The van der Waals surface area contributed by atoms with Crippen molar-refractivity contribution in [2.45, 2.75) is 135 Å². The van der Waals surface area contributed by atoms with Gasteiger partial charge in [-0.1, -0.05) is 117 Å². The largest absolute Gasteiger partial charge is 0.328 e. The Morgan fingerprint density at radius 1 is 0.455 bits per heavy atom. The highest BCUT2D eigenvalue weighted by Gasteiger charge is 2.02. The fourth-order valence-corrected chi connectivity index (χ4v) is 3.23. The lowest BCUT2D eigenvalue weighted by atomic mass is 10.0. The molecule has 0 radical (unpaired) electrons. The first-order valence-corrected chi connectivity index (χ1v) is 10.6. The minimum Gasteiger partial charge on any atom is -0.328 e. The van der Waals surface area contributed by atoms with Crippen LogP contribution in [0.5, 0.6) is 0 Å². The number of rotatable bonds is 18. The summed E-state index contributed by atoms with van der Waals surface area (Å²) in [5.74, 6) is 0. The van der Waals surface area contributed by atoms with Crippen molar-refractivity contribution < 1.29 is 0 Å². The number of hydrogen-bond donors (Lipinski definition) is 1. The zero-order valence-electron chi connectivity index (χ0n) is 15.9. The molecule has 0 aliphatic rings. The van der Waals surface area contributed by atoms with E-state index >= 15 is 0 Å². The molecule has 0 aliphatic heterocycles. The average Bonchev–Trinajstić information content (AvgIpc) is 2.52. The standard InChI is InChI=1S/C21H45N/c1-3-5-7-9-10-11-12-13-14-16-18-20-21(22)19-17-15-8-6-4-2/h21H,3-20,22H2,1-2H3.